The van der Waals surface area contributed by atoms with E-state index in [9.17, 15) is 4.79 Å². The van der Waals surface area contributed by atoms with Gasteiger partial charge in [0.05, 0.1) is 13.2 Å². The van der Waals surface area contributed by atoms with Crippen LogP contribution in [0.1, 0.15) is 19.4 Å². The zero-order valence-electron chi connectivity index (χ0n) is 8.37. The van der Waals surface area contributed by atoms with E-state index in [0.29, 0.717) is 30.3 Å². The largest absolute Gasteiger partial charge is 0.490 e. The molecule has 1 aromatic carbocycles. The van der Waals surface area contributed by atoms with Crippen molar-refractivity contribution in [2.24, 2.45) is 0 Å². The third-order valence-electron chi connectivity index (χ3n) is 1.66. The molecule has 0 amide bonds. The van der Waals surface area contributed by atoms with Crippen LogP contribution in [0.25, 0.3) is 0 Å². The van der Waals surface area contributed by atoms with Crippen molar-refractivity contribution in [1.29, 1.82) is 0 Å². The first-order valence-corrected chi connectivity index (χ1v) is 4.59. The smallest absolute Gasteiger partial charge is 0.233 e. The molecule has 0 aromatic heterocycles. The lowest BCUT2D eigenvalue weighted by Crippen LogP contribution is -1.99. The summed E-state index contributed by atoms with van der Waals surface area (Å²) in [5.41, 5.74) is 0.469. The van der Waals surface area contributed by atoms with Crippen molar-refractivity contribution < 1.29 is 14.3 Å². The first-order valence-electron chi connectivity index (χ1n) is 4.59. The van der Waals surface area contributed by atoms with E-state index >= 15 is 0 Å². The number of ether oxygens (including phenoxy) is 2. The Hall–Kier alpha value is -1.51. The quantitative estimate of drug-likeness (QED) is 0.716. The Morgan fingerprint density at radius 1 is 1.14 bits per heavy atom. The van der Waals surface area contributed by atoms with Crippen LogP contribution in [-0.4, -0.2) is 19.5 Å². The SMILES string of the molecule is CCOc1ccc([C]=O)cc1OCC. The fourth-order valence-corrected chi connectivity index (χ4v) is 1.11. The van der Waals surface area contributed by atoms with E-state index in [2.05, 4.69) is 0 Å². The van der Waals surface area contributed by atoms with Crippen molar-refractivity contribution in [1.82, 2.24) is 0 Å². The van der Waals surface area contributed by atoms with E-state index in [1.807, 2.05) is 20.1 Å². The molecule has 0 heterocycles. The summed E-state index contributed by atoms with van der Waals surface area (Å²) < 4.78 is 10.7. The minimum atomic E-state index is 0.469. The molecule has 0 unspecified atom stereocenters. The Bertz CT molecular complexity index is 307. The molecule has 0 spiro atoms. The standard InChI is InChI=1S/C11H13O3/c1-3-13-10-6-5-9(8-12)7-11(10)14-4-2/h5-7H,3-4H2,1-2H3. The summed E-state index contributed by atoms with van der Waals surface area (Å²) in [6.07, 6.45) is 1.81. The average Bonchev–Trinajstić information content (AvgIpc) is 2.21. The van der Waals surface area contributed by atoms with Gasteiger partial charge in [-0.2, -0.15) is 0 Å². The fraction of sp³-hybridized carbons (Fsp3) is 0.364. The molecule has 14 heavy (non-hydrogen) atoms. The molecule has 0 N–H and O–H groups in total. The van der Waals surface area contributed by atoms with Crippen molar-refractivity contribution in [3.63, 3.8) is 0 Å². The van der Waals surface area contributed by atoms with E-state index in [1.54, 1.807) is 18.2 Å². The molecule has 1 radical (unpaired) electrons. The Labute approximate surface area is 83.6 Å². The second-order valence-electron chi connectivity index (χ2n) is 2.63. The van der Waals surface area contributed by atoms with Crippen LogP contribution in [0.5, 0.6) is 11.5 Å². The van der Waals surface area contributed by atoms with Crippen LogP contribution in [0.2, 0.25) is 0 Å². The summed E-state index contributed by atoms with van der Waals surface area (Å²) in [5, 5.41) is 0. The molecule has 3 heteroatoms. The van der Waals surface area contributed by atoms with Gasteiger partial charge < -0.3 is 9.47 Å². The molecular weight excluding hydrogens is 180 g/mol. The Morgan fingerprint density at radius 2 is 1.79 bits per heavy atom. The molecule has 0 aliphatic rings. The Morgan fingerprint density at radius 3 is 2.36 bits per heavy atom. The number of hydrogen-bond donors (Lipinski definition) is 0. The third-order valence-corrected chi connectivity index (χ3v) is 1.66. The summed E-state index contributed by atoms with van der Waals surface area (Å²) >= 11 is 0. The Kier molecular flexibility index (Phi) is 3.98. The molecule has 75 valence electrons. The van der Waals surface area contributed by atoms with Crippen LogP contribution in [0.3, 0.4) is 0 Å². The van der Waals surface area contributed by atoms with E-state index in [-0.39, 0.29) is 0 Å². The topological polar surface area (TPSA) is 35.5 Å². The van der Waals surface area contributed by atoms with Crippen LogP contribution in [0.4, 0.5) is 0 Å². The van der Waals surface area contributed by atoms with Gasteiger partial charge in [-0.15, -0.1) is 0 Å². The van der Waals surface area contributed by atoms with Crippen LogP contribution >= 0.6 is 0 Å². The van der Waals surface area contributed by atoms with Crippen LogP contribution in [0, 0.1) is 0 Å². The van der Waals surface area contributed by atoms with Gasteiger partial charge in [-0.3, -0.25) is 4.79 Å². The lowest BCUT2D eigenvalue weighted by atomic mass is 10.2. The zero-order chi connectivity index (χ0) is 10.4. The van der Waals surface area contributed by atoms with Crippen molar-refractivity contribution in [2.45, 2.75) is 13.8 Å². The van der Waals surface area contributed by atoms with Gasteiger partial charge in [-0.05, 0) is 32.0 Å². The van der Waals surface area contributed by atoms with Gasteiger partial charge in [0.1, 0.15) is 0 Å². The van der Waals surface area contributed by atoms with Gasteiger partial charge in [0.2, 0.25) is 6.29 Å². The molecule has 0 atom stereocenters. The molecular formula is C11H13O3. The highest BCUT2D eigenvalue weighted by Crippen LogP contribution is 2.27. The van der Waals surface area contributed by atoms with Crippen LogP contribution in [-0.2, 0) is 4.79 Å². The molecule has 1 aromatic rings. The molecule has 0 saturated carbocycles. The number of benzene rings is 1. The summed E-state index contributed by atoms with van der Waals surface area (Å²) in [4.78, 5) is 10.4. The van der Waals surface area contributed by atoms with E-state index in [0.717, 1.165) is 0 Å². The van der Waals surface area contributed by atoms with Gasteiger partial charge in [-0.25, -0.2) is 0 Å². The van der Waals surface area contributed by atoms with Crippen molar-refractivity contribution >= 4 is 6.29 Å². The maximum absolute atomic E-state index is 10.4. The molecule has 0 saturated heterocycles. The maximum atomic E-state index is 10.4. The highest BCUT2D eigenvalue weighted by molar-refractivity contribution is 5.76. The van der Waals surface area contributed by atoms with Gasteiger partial charge in [-0.1, -0.05) is 0 Å². The summed E-state index contributed by atoms with van der Waals surface area (Å²) in [7, 11) is 0. The second kappa shape index (κ2) is 5.27. The summed E-state index contributed by atoms with van der Waals surface area (Å²) in [5.74, 6) is 1.25. The first-order chi connectivity index (χ1) is 6.81. The van der Waals surface area contributed by atoms with Gasteiger partial charge in [0, 0.05) is 5.56 Å². The molecule has 0 aliphatic heterocycles. The molecule has 0 aliphatic carbocycles. The van der Waals surface area contributed by atoms with Crippen LogP contribution in [0.15, 0.2) is 18.2 Å². The molecule has 0 fully saturated rings. The predicted molar refractivity (Wildman–Crippen MR) is 53.6 cm³/mol. The molecule has 0 bridgehead atoms. The van der Waals surface area contributed by atoms with Gasteiger partial charge >= 0.3 is 0 Å². The van der Waals surface area contributed by atoms with Crippen molar-refractivity contribution in [3.8, 4) is 11.5 Å². The fourth-order valence-electron chi connectivity index (χ4n) is 1.11. The number of hydrogen-bond acceptors (Lipinski definition) is 3. The van der Waals surface area contributed by atoms with E-state index in [4.69, 9.17) is 9.47 Å². The van der Waals surface area contributed by atoms with E-state index < -0.39 is 0 Å². The maximum Gasteiger partial charge on any atom is 0.233 e. The summed E-state index contributed by atoms with van der Waals surface area (Å²) in [6.45, 7) is 4.90. The zero-order valence-corrected chi connectivity index (χ0v) is 8.37. The summed E-state index contributed by atoms with van der Waals surface area (Å²) in [6, 6.07) is 5.00. The highest BCUT2D eigenvalue weighted by atomic mass is 16.5. The van der Waals surface area contributed by atoms with Gasteiger partial charge in [0.15, 0.2) is 11.5 Å². The minimum absolute atomic E-state index is 0.469. The third kappa shape index (κ3) is 2.49. The first kappa shape index (κ1) is 10.6. The highest BCUT2D eigenvalue weighted by Gasteiger charge is 2.05. The van der Waals surface area contributed by atoms with Crippen LogP contribution < -0.4 is 9.47 Å². The lowest BCUT2D eigenvalue weighted by Gasteiger charge is -2.10. The van der Waals surface area contributed by atoms with Gasteiger partial charge in [0.25, 0.3) is 0 Å². The minimum Gasteiger partial charge on any atom is -0.490 e. The van der Waals surface area contributed by atoms with Crippen molar-refractivity contribution in [3.05, 3.63) is 23.8 Å². The van der Waals surface area contributed by atoms with Crippen molar-refractivity contribution in [2.75, 3.05) is 13.2 Å². The molecule has 1 rings (SSSR count). The Balaban J connectivity index is 2.96. The van der Waals surface area contributed by atoms with E-state index in [1.165, 1.54) is 0 Å². The molecule has 3 nitrogen and oxygen atoms in total. The lowest BCUT2D eigenvalue weighted by molar-refractivity contribution is 0.287. The predicted octanol–water partition coefficient (Wildman–Crippen LogP) is 1.94. The second-order valence-corrected chi connectivity index (χ2v) is 2.63. The monoisotopic (exact) mass is 193 g/mol. The average molecular weight is 193 g/mol. The number of rotatable bonds is 5. The number of carbonyl (C=O) groups excluding carboxylic acids is 1. The normalized spacial score (nSPS) is 9.57.